The number of aliphatic carboxylic acids is 2. The van der Waals surface area contributed by atoms with Crippen molar-refractivity contribution >= 4 is 17.9 Å². The zero-order chi connectivity index (χ0) is 13.4. The first-order valence-electron chi connectivity index (χ1n) is 5.07. The first-order valence-corrected chi connectivity index (χ1v) is 5.07. The minimum Gasteiger partial charge on any atom is -0.480 e. The van der Waals surface area contributed by atoms with Crippen molar-refractivity contribution in [2.75, 3.05) is 20.1 Å². The second kappa shape index (κ2) is 7.44. The number of hydrogen-bond donors (Lipinski definition) is 5. The lowest BCUT2D eigenvalue weighted by molar-refractivity contribution is -0.139. The largest absolute Gasteiger partial charge is 0.480 e. The molecule has 0 aromatic rings. The molecular weight excluding hydrogens is 228 g/mol. The first kappa shape index (κ1) is 15.2. The molecule has 8 nitrogen and oxygen atoms in total. The summed E-state index contributed by atoms with van der Waals surface area (Å²) in [5.41, 5.74) is 4.93. The third kappa shape index (κ3) is 7.12. The molecule has 0 spiro atoms. The van der Waals surface area contributed by atoms with E-state index in [4.69, 9.17) is 21.4 Å². The highest BCUT2D eigenvalue weighted by molar-refractivity contribution is 5.80. The molecule has 1 aliphatic rings. The molecular formula is C9H18N4O4. The van der Waals surface area contributed by atoms with Crippen molar-refractivity contribution in [3.8, 4) is 0 Å². The Kier molecular flexibility index (Phi) is 6.64. The van der Waals surface area contributed by atoms with Crippen LogP contribution in [-0.4, -0.2) is 59.2 Å². The van der Waals surface area contributed by atoms with Gasteiger partial charge in [0.25, 0.3) is 0 Å². The van der Waals surface area contributed by atoms with Gasteiger partial charge in [0.2, 0.25) is 0 Å². The molecule has 1 fully saturated rings. The fourth-order valence-electron chi connectivity index (χ4n) is 1.18. The summed E-state index contributed by atoms with van der Waals surface area (Å²) in [4.78, 5) is 21.2. The monoisotopic (exact) mass is 246 g/mol. The van der Waals surface area contributed by atoms with Gasteiger partial charge in [0.05, 0.1) is 0 Å². The van der Waals surface area contributed by atoms with Gasteiger partial charge in [0.15, 0.2) is 5.96 Å². The summed E-state index contributed by atoms with van der Waals surface area (Å²) in [6.07, 6.45) is 1.78. The van der Waals surface area contributed by atoms with E-state index >= 15 is 0 Å². The number of likely N-dealkylation sites (N-methyl/N-ethyl adjacent to an activating group) is 1. The van der Waals surface area contributed by atoms with E-state index in [0.29, 0.717) is 0 Å². The Morgan fingerprint density at radius 3 is 2.29 bits per heavy atom. The molecule has 1 saturated heterocycles. The second-order valence-electron chi connectivity index (χ2n) is 3.62. The van der Waals surface area contributed by atoms with Crippen LogP contribution in [0.1, 0.15) is 12.8 Å². The van der Waals surface area contributed by atoms with Crippen molar-refractivity contribution in [3.05, 3.63) is 0 Å². The fourth-order valence-corrected chi connectivity index (χ4v) is 1.18. The van der Waals surface area contributed by atoms with Gasteiger partial charge >= 0.3 is 11.9 Å². The normalized spacial score (nSPS) is 17.8. The fraction of sp³-hybridized carbons (Fsp3) is 0.667. The van der Waals surface area contributed by atoms with Gasteiger partial charge in [-0.25, -0.2) is 0 Å². The van der Waals surface area contributed by atoms with E-state index in [-0.39, 0.29) is 18.5 Å². The zero-order valence-electron chi connectivity index (χ0n) is 9.64. The van der Waals surface area contributed by atoms with Gasteiger partial charge in [-0.05, 0) is 19.4 Å². The van der Waals surface area contributed by atoms with Crippen molar-refractivity contribution < 1.29 is 19.8 Å². The number of nitrogens with zero attached hydrogens (tertiary/aromatic N) is 1. The molecule has 0 radical (unpaired) electrons. The average molecular weight is 246 g/mol. The number of carboxylic acid groups (broad SMARTS) is 2. The molecule has 0 aliphatic carbocycles. The van der Waals surface area contributed by atoms with Crippen LogP contribution in [-0.2, 0) is 9.59 Å². The van der Waals surface area contributed by atoms with Crippen LogP contribution < -0.4 is 11.1 Å². The number of carbonyl (C=O) groups is 2. The molecule has 1 atom stereocenters. The maximum atomic E-state index is 10.1. The first-order chi connectivity index (χ1) is 7.84. The smallest absolute Gasteiger partial charge is 0.323 e. The molecule has 0 bridgehead atoms. The van der Waals surface area contributed by atoms with Crippen LogP contribution in [0.2, 0.25) is 0 Å². The van der Waals surface area contributed by atoms with E-state index in [1.54, 1.807) is 0 Å². The molecule has 6 N–H and O–H groups in total. The molecule has 0 aromatic heterocycles. The zero-order valence-corrected chi connectivity index (χ0v) is 9.64. The molecule has 0 saturated carbocycles. The highest BCUT2D eigenvalue weighted by Gasteiger charge is 2.20. The Morgan fingerprint density at radius 1 is 1.53 bits per heavy atom. The molecule has 1 aliphatic heterocycles. The SMILES string of the molecule is CN(CC(=O)O)C(=N)N.O=C(O)C1CCCN1. The predicted molar refractivity (Wildman–Crippen MR) is 60.8 cm³/mol. The molecule has 1 heterocycles. The maximum Gasteiger partial charge on any atom is 0.323 e. The summed E-state index contributed by atoms with van der Waals surface area (Å²) >= 11 is 0. The third-order valence-corrected chi connectivity index (χ3v) is 2.14. The van der Waals surface area contributed by atoms with Crippen LogP contribution in [0.3, 0.4) is 0 Å². The van der Waals surface area contributed by atoms with Crippen LogP contribution >= 0.6 is 0 Å². The summed E-state index contributed by atoms with van der Waals surface area (Å²) < 4.78 is 0. The van der Waals surface area contributed by atoms with Crippen LogP contribution in [0.4, 0.5) is 0 Å². The summed E-state index contributed by atoms with van der Waals surface area (Å²) in [5, 5.41) is 26.1. The van der Waals surface area contributed by atoms with E-state index in [9.17, 15) is 9.59 Å². The highest BCUT2D eigenvalue weighted by Crippen LogP contribution is 2.03. The molecule has 1 unspecified atom stereocenters. The summed E-state index contributed by atoms with van der Waals surface area (Å²) in [6, 6.07) is -0.269. The van der Waals surface area contributed by atoms with Crippen molar-refractivity contribution in [2.24, 2.45) is 5.73 Å². The molecule has 17 heavy (non-hydrogen) atoms. The van der Waals surface area contributed by atoms with Crippen LogP contribution in [0, 0.1) is 5.41 Å². The van der Waals surface area contributed by atoms with Crippen LogP contribution in [0.25, 0.3) is 0 Å². The van der Waals surface area contributed by atoms with E-state index in [1.807, 2.05) is 0 Å². The van der Waals surface area contributed by atoms with Gasteiger partial charge in [-0.15, -0.1) is 0 Å². The van der Waals surface area contributed by atoms with E-state index in [2.05, 4.69) is 5.32 Å². The standard InChI is InChI=1S/C5H9NO2.C4H9N3O2/c7-5(8)4-2-1-3-6-4;1-7(4(5)6)2-3(8)9/h4,6H,1-3H2,(H,7,8);2H2,1H3,(H3,5,6)(H,8,9). The highest BCUT2D eigenvalue weighted by atomic mass is 16.4. The predicted octanol–water partition coefficient (Wildman–Crippen LogP) is -1.28. The molecule has 8 heteroatoms. The van der Waals surface area contributed by atoms with E-state index in [1.165, 1.54) is 7.05 Å². The topological polar surface area (TPSA) is 140 Å². The van der Waals surface area contributed by atoms with Crippen LogP contribution in [0.15, 0.2) is 0 Å². The number of guanidine groups is 1. The molecule has 0 amide bonds. The lowest BCUT2D eigenvalue weighted by atomic mass is 10.2. The molecule has 0 aromatic carbocycles. The molecule has 98 valence electrons. The number of carboxylic acids is 2. The van der Waals surface area contributed by atoms with E-state index in [0.717, 1.165) is 24.3 Å². The Balaban J connectivity index is 0.000000302. The Hall–Kier alpha value is -1.83. The Bertz CT molecular complexity index is 289. The van der Waals surface area contributed by atoms with Gasteiger partial charge < -0.3 is 26.2 Å². The van der Waals surface area contributed by atoms with Crippen molar-refractivity contribution in [1.82, 2.24) is 10.2 Å². The third-order valence-electron chi connectivity index (χ3n) is 2.14. The second-order valence-corrected chi connectivity index (χ2v) is 3.62. The number of nitrogens with one attached hydrogen (secondary N) is 2. The van der Waals surface area contributed by atoms with Crippen LogP contribution in [0.5, 0.6) is 0 Å². The lowest BCUT2D eigenvalue weighted by Gasteiger charge is -2.12. The summed E-state index contributed by atoms with van der Waals surface area (Å²) in [6.45, 7) is 0.631. The van der Waals surface area contributed by atoms with Gasteiger partial charge in [-0.3, -0.25) is 15.0 Å². The number of rotatable bonds is 3. The van der Waals surface area contributed by atoms with E-state index < -0.39 is 11.9 Å². The quantitative estimate of drug-likeness (QED) is 0.308. The minimum absolute atomic E-state index is 0.227. The lowest BCUT2D eigenvalue weighted by Crippen LogP contribution is -2.36. The van der Waals surface area contributed by atoms with Gasteiger partial charge in [-0.2, -0.15) is 0 Å². The summed E-state index contributed by atoms with van der Waals surface area (Å²) in [5.74, 6) is -1.95. The van der Waals surface area contributed by atoms with Crippen molar-refractivity contribution in [3.63, 3.8) is 0 Å². The summed E-state index contributed by atoms with van der Waals surface area (Å²) in [7, 11) is 1.44. The van der Waals surface area contributed by atoms with Gasteiger partial charge in [-0.1, -0.05) is 0 Å². The Labute approximate surface area is 98.9 Å². The maximum absolute atomic E-state index is 10.1. The minimum atomic E-state index is -0.993. The van der Waals surface area contributed by atoms with Gasteiger partial charge in [0.1, 0.15) is 12.6 Å². The number of hydrogen-bond acceptors (Lipinski definition) is 4. The average Bonchev–Trinajstić information content (AvgIpc) is 2.69. The van der Waals surface area contributed by atoms with Gasteiger partial charge in [0, 0.05) is 7.05 Å². The molecule has 1 rings (SSSR count). The Morgan fingerprint density at radius 2 is 2.12 bits per heavy atom. The number of nitrogens with two attached hydrogens (primary N) is 1. The van der Waals surface area contributed by atoms with Crippen molar-refractivity contribution in [1.29, 1.82) is 5.41 Å². The van der Waals surface area contributed by atoms with Crippen molar-refractivity contribution in [2.45, 2.75) is 18.9 Å².